The van der Waals surface area contributed by atoms with Crippen LogP contribution in [0.2, 0.25) is 0 Å². The molecule has 0 aliphatic carbocycles. The van der Waals surface area contributed by atoms with Crippen LogP contribution in [0.5, 0.6) is 0 Å². The van der Waals surface area contributed by atoms with Gasteiger partial charge in [0.1, 0.15) is 12.4 Å². The third-order valence-corrected chi connectivity index (χ3v) is 6.45. The van der Waals surface area contributed by atoms with Crippen molar-refractivity contribution in [2.45, 2.75) is 25.6 Å². The molecule has 6 nitrogen and oxygen atoms in total. The molecule has 31 heavy (non-hydrogen) atoms. The minimum Gasteiger partial charge on any atom is -0.388 e. The summed E-state index contributed by atoms with van der Waals surface area (Å²) in [6.07, 6.45) is 0.406. The first-order valence-electron chi connectivity index (χ1n) is 10.4. The van der Waals surface area contributed by atoms with E-state index in [1.54, 1.807) is 0 Å². The van der Waals surface area contributed by atoms with Crippen LogP contribution in [-0.4, -0.2) is 45.1 Å². The number of halogens is 2. The molecule has 2 aromatic carbocycles. The molecule has 5 rings (SSSR count). The Kier molecular flexibility index (Phi) is 7.59. The molecule has 1 amide bonds. The fraction of sp³-hybridized carbons (Fsp3) is 0.391. The van der Waals surface area contributed by atoms with Crippen molar-refractivity contribution in [3.8, 4) is 0 Å². The summed E-state index contributed by atoms with van der Waals surface area (Å²) in [7, 11) is 0. The van der Waals surface area contributed by atoms with Gasteiger partial charge in [-0.2, -0.15) is 0 Å². The number of fused-ring (bicyclic) bond motifs is 2. The van der Waals surface area contributed by atoms with Crippen LogP contribution in [0.25, 0.3) is 11.0 Å². The molecule has 0 radical (unpaired) electrons. The number of hydrogen-bond donors (Lipinski definition) is 2. The van der Waals surface area contributed by atoms with Gasteiger partial charge in [0.25, 0.3) is 0 Å². The van der Waals surface area contributed by atoms with E-state index in [-0.39, 0.29) is 43.4 Å². The van der Waals surface area contributed by atoms with E-state index in [0.717, 1.165) is 30.7 Å². The van der Waals surface area contributed by atoms with Gasteiger partial charge in [-0.05, 0) is 23.6 Å². The number of nitrogens with zero attached hydrogens (tertiary/aromatic N) is 3. The Labute approximate surface area is 194 Å². The van der Waals surface area contributed by atoms with Crippen LogP contribution in [0.4, 0.5) is 0 Å². The van der Waals surface area contributed by atoms with Crippen molar-refractivity contribution in [3.63, 3.8) is 0 Å². The van der Waals surface area contributed by atoms with Crippen molar-refractivity contribution in [2.24, 2.45) is 11.8 Å². The lowest BCUT2D eigenvalue weighted by Gasteiger charge is -2.28. The average molecular weight is 463 g/mol. The predicted molar refractivity (Wildman–Crippen MR) is 126 cm³/mol. The molecule has 2 saturated heterocycles. The highest BCUT2D eigenvalue weighted by molar-refractivity contribution is 5.85. The molecule has 166 valence electrons. The third-order valence-electron chi connectivity index (χ3n) is 6.45. The number of rotatable bonds is 5. The van der Waals surface area contributed by atoms with Crippen LogP contribution >= 0.6 is 24.8 Å². The van der Waals surface area contributed by atoms with Crippen LogP contribution in [0.15, 0.2) is 54.6 Å². The number of aromatic nitrogens is 2. The molecular weight excluding hydrogens is 435 g/mol. The zero-order valence-corrected chi connectivity index (χ0v) is 18.8. The van der Waals surface area contributed by atoms with Crippen molar-refractivity contribution in [1.29, 1.82) is 0 Å². The van der Waals surface area contributed by atoms with Crippen LogP contribution < -0.4 is 5.32 Å². The van der Waals surface area contributed by atoms with Gasteiger partial charge in [-0.15, -0.1) is 24.8 Å². The molecule has 3 atom stereocenters. The van der Waals surface area contributed by atoms with E-state index in [1.807, 2.05) is 34.9 Å². The van der Waals surface area contributed by atoms with Crippen molar-refractivity contribution in [3.05, 3.63) is 66.0 Å². The summed E-state index contributed by atoms with van der Waals surface area (Å²) < 4.78 is 1.98. The lowest BCUT2D eigenvalue weighted by atomic mass is 9.89. The fourth-order valence-corrected chi connectivity index (χ4v) is 5.10. The van der Waals surface area contributed by atoms with Gasteiger partial charge in [0.05, 0.1) is 17.1 Å². The highest BCUT2D eigenvalue weighted by atomic mass is 35.5. The quantitative estimate of drug-likeness (QED) is 0.610. The minimum atomic E-state index is -0.130. The average Bonchev–Trinajstić information content (AvgIpc) is 3.44. The van der Waals surface area contributed by atoms with E-state index >= 15 is 0 Å². The second kappa shape index (κ2) is 10.0. The predicted octanol–water partition coefficient (Wildman–Crippen LogP) is 3.18. The van der Waals surface area contributed by atoms with Crippen molar-refractivity contribution in [1.82, 2.24) is 19.8 Å². The van der Waals surface area contributed by atoms with Gasteiger partial charge in [-0.1, -0.05) is 42.5 Å². The summed E-state index contributed by atoms with van der Waals surface area (Å²) >= 11 is 0. The van der Waals surface area contributed by atoms with E-state index in [0.29, 0.717) is 30.6 Å². The van der Waals surface area contributed by atoms with Gasteiger partial charge in [-0.3, -0.25) is 4.79 Å². The van der Waals surface area contributed by atoms with Gasteiger partial charge >= 0.3 is 0 Å². The van der Waals surface area contributed by atoms with Crippen LogP contribution in [0.1, 0.15) is 23.9 Å². The second-order valence-corrected chi connectivity index (χ2v) is 8.06. The van der Waals surface area contributed by atoms with Gasteiger partial charge in [0.2, 0.25) is 5.91 Å². The molecule has 0 saturated carbocycles. The van der Waals surface area contributed by atoms with E-state index in [1.165, 1.54) is 5.56 Å². The Morgan fingerprint density at radius 3 is 2.58 bits per heavy atom. The number of nitrogens with one attached hydrogen (secondary N) is 1. The van der Waals surface area contributed by atoms with Gasteiger partial charge in [0.15, 0.2) is 0 Å². The standard InChI is InChI=1S/C23H26N4O2.2ClH/c28-15-21-25-19-8-4-5-9-20(19)26(21)11-10-22(29)27-14-17-12-24-13-18(17)23(27)16-6-2-1-3-7-16;;/h1-9,17-18,23-24,28H,10-15H2;2*1H/t17-,18-,23+;;/m0../s1. The molecule has 2 aliphatic heterocycles. The monoisotopic (exact) mass is 462 g/mol. The van der Waals surface area contributed by atoms with Crippen LogP contribution in [0.3, 0.4) is 0 Å². The Bertz CT molecular complexity index is 1030. The maximum atomic E-state index is 13.3. The van der Waals surface area contributed by atoms with Gasteiger partial charge in [0, 0.05) is 38.5 Å². The summed E-state index contributed by atoms with van der Waals surface area (Å²) in [5.41, 5.74) is 3.04. The number of aliphatic hydroxyl groups excluding tert-OH is 1. The first-order valence-corrected chi connectivity index (χ1v) is 10.4. The third kappa shape index (κ3) is 4.30. The number of benzene rings is 2. The molecule has 0 bridgehead atoms. The highest BCUT2D eigenvalue weighted by Gasteiger charge is 2.46. The van der Waals surface area contributed by atoms with E-state index in [4.69, 9.17) is 0 Å². The smallest absolute Gasteiger partial charge is 0.224 e. The summed E-state index contributed by atoms with van der Waals surface area (Å²) in [4.78, 5) is 19.9. The minimum absolute atomic E-state index is 0. The zero-order chi connectivity index (χ0) is 19.8. The Morgan fingerprint density at radius 2 is 1.81 bits per heavy atom. The van der Waals surface area contributed by atoms with E-state index in [9.17, 15) is 9.90 Å². The van der Waals surface area contributed by atoms with Crippen LogP contribution in [-0.2, 0) is 17.9 Å². The van der Waals surface area contributed by atoms with Gasteiger partial charge < -0.3 is 19.9 Å². The largest absolute Gasteiger partial charge is 0.388 e. The summed E-state index contributed by atoms with van der Waals surface area (Å²) in [6.45, 7) is 3.16. The number of hydrogen-bond acceptors (Lipinski definition) is 4. The molecule has 3 heterocycles. The number of aryl methyl sites for hydroxylation is 1. The second-order valence-electron chi connectivity index (χ2n) is 8.06. The van der Waals surface area contributed by atoms with Crippen molar-refractivity contribution in [2.75, 3.05) is 19.6 Å². The fourth-order valence-electron chi connectivity index (χ4n) is 5.10. The first kappa shape index (κ1) is 23.5. The molecule has 2 N–H and O–H groups in total. The molecular formula is C23H28Cl2N4O2. The Balaban J connectivity index is 0.00000136. The van der Waals surface area contributed by atoms with Crippen LogP contribution in [0, 0.1) is 11.8 Å². The number of likely N-dealkylation sites (tertiary alicyclic amines) is 1. The molecule has 3 aromatic rings. The topological polar surface area (TPSA) is 70.4 Å². The van der Waals surface area contributed by atoms with Crippen molar-refractivity contribution >= 4 is 41.8 Å². The Morgan fingerprint density at radius 1 is 1.06 bits per heavy atom. The molecule has 2 fully saturated rings. The van der Waals surface area contributed by atoms with Crippen molar-refractivity contribution < 1.29 is 9.90 Å². The molecule has 0 spiro atoms. The number of amides is 1. The number of aliphatic hydroxyl groups is 1. The highest BCUT2D eigenvalue weighted by Crippen LogP contribution is 2.42. The molecule has 2 aliphatic rings. The number of carbonyl (C=O) groups excluding carboxylic acids is 1. The first-order chi connectivity index (χ1) is 14.3. The van der Waals surface area contributed by atoms with E-state index in [2.05, 4.69) is 39.5 Å². The maximum Gasteiger partial charge on any atom is 0.224 e. The summed E-state index contributed by atoms with van der Waals surface area (Å²) in [5.74, 6) is 1.78. The Hall–Kier alpha value is -2.12. The molecule has 1 aromatic heterocycles. The lowest BCUT2D eigenvalue weighted by molar-refractivity contribution is -0.132. The molecule has 8 heteroatoms. The van der Waals surface area contributed by atoms with Gasteiger partial charge in [-0.25, -0.2) is 4.98 Å². The zero-order valence-electron chi connectivity index (χ0n) is 17.2. The SMILES string of the molecule is Cl.Cl.O=C(CCn1c(CO)nc2ccccc21)N1C[C@@H]2CNC[C@@H]2[C@H]1c1ccccc1. The number of carbonyl (C=O) groups is 1. The summed E-state index contributed by atoms with van der Waals surface area (Å²) in [5, 5.41) is 13.2. The van der Waals surface area contributed by atoms with E-state index < -0.39 is 0 Å². The molecule has 0 unspecified atom stereocenters. The normalized spacial score (nSPS) is 22.1. The number of para-hydroxylation sites is 2. The lowest BCUT2D eigenvalue weighted by Crippen LogP contribution is -2.35. The maximum absolute atomic E-state index is 13.3. The number of imidazole rings is 1. The summed E-state index contributed by atoms with van der Waals surface area (Å²) in [6, 6.07) is 18.4.